The zero-order chi connectivity index (χ0) is 38.4. The second-order valence-electron chi connectivity index (χ2n) is 13.7. The summed E-state index contributed by atoms with van der Waals surface area (Å²) in [6.07, 6.45) is -4.10. The molecule has 2 saturated heterocycles. The first-order valence-electron chi connectivity index (χ1n) is 19.0. The van der Waals surface area contributed by atoms with Crippen LogP contribution in [0.5, 0.6) is 11.5 Å². The molecule has 0 saturated carbocycles. The van der Waals surface area contributed by atoms with Crippen LogP contribution in [0.1, 0.15) is 34.1 Å². The zero-order valence-corrected chi connectivity index (χ0v) is 31.9. The quantitative estimate of drug-likeness (QED) is 0.0829. The molecule has 0 bridgehead atoms. The van der Waals surface area contributed by atoms with Gasteiger partial charge in [-0.2, -0.15) is 0 Å². The SMILES string of the molecule is COc1ccc(COC[C@@H](CO[C@@H]2O[C@@H]3CO[C@H](c4ccccc4)O[C@@H]3[C@H](OCc3ccccc3)[C@H]2OCc2ccccc2)OCc2ccc(OC)cc2)cc1. The van der Waals surface area contributed by atoms with Gasteiger partial charge in [0.25, 0.3) is 0 Å². The number of methoxy groups -OCH3 is 2. The summed E-state index contributed by atoms with van der Waals surface area (Å²) < 4.78 is 63.1. The van der Waals surface area contributed by atoms with Crippen molar-refractivity contribution < 1.29 is 47.4 Å². The Hall–Kier alpha value is -4.62. The number of fused-ring (bicyclic) bond motifs is 1. The van der Waals surface area contributed by atoms with Gasteiger partial charge in [-0.25, -0.2) is 0 Å². The molecule has 2 aliphatic heterocycles. The van der Waals surface area contributed by atoms with E-state index in [-0.39, 0.29) is 19.8 Å². The molecule has 56 heavy (non-hydrogen) atoms. The van der Waals surface area contributed by atoms with Crippen molar-refractivity contribution >= 4 is 0 Å². The summed E-state index contributed by atoms with van der Waals surface area (Å²) >= 11 is 0. The van der Waals surface area contributed by atoms with Gasteiger partial charge in [0.2, 0.25) is 0 Å². The second kappa shape index (κ2) is 20.5. The third-order valence-electron chi connectivity index (χ3n) is 9.75. The van der Waals surface area contributed by atoms with Gasteiger partial charge in [0, 0.05) is 5.56 Å². The van der Waals surface area contributed by atoms with Crippen LogP contribution >= 0.6 is 0 Å². The Balaban J connectivity index is 1.11. The van der Waals surface area contributed by atoms with E-state index in [1.54, 1.807) is 14.2 Å². The monoisotopic (exact) mass is 762 g/mol. The molecule has 0 radical (unpaired) electrons. The normalized spacial score (nSPS) is 22.5. The molecule has 0 spiro atoms. The molecule has 7 atom stereocenters. The average molecular weight is 763 g/mol. The maximum Gasteiger partial charge on any atom is 0.187 e. The highest BCUT2D eigenvalue weighted by Gasteiger charge is 2.52. The van der Waals surface area contributed by atoms with Gasteiger partial charge in [0.05, 0.1) is 60.5 Å². The minimum atomic E-state index is -0.838. The molecule has 0 unspecified atom stereocenters. The van der Waals surface area contributed by atoms with Gasteiger partial charge >= 0.3 is 0 Å². The van der Waals surface area contributed by atoms with Crippen LogP contribution < -0.4 is 9.47 Å². The number of ether oxygens (including phenoxy) is 10. The summed E-state index contributed by atoms with van der Waals surface area (Å²) in [5.74, 6) is 1.57. The van der Waals surface area contributed by atoms with Gasteiger partial charge < -0.3 is 47.4 Å². The molecule has 0 N–H and O–H groups in total. The van der Waals surface area contributed by atoms with Crippen LogP contribution in [0.4, 0.5) is 0 Å². The Morgan fingerprint density at radius 1 is 0.536 bits per heavy atom. The smallest absolute Gasteiger partial charge is 0.187 e. The Morgan fingerprint density at radius 2 is 1.07 bits per heavy atom. The first-order valence-corrected chi connectivity index (χ1v) is 19.0. The van der Waals surface area contributed by atoms with Crippen LogP contribution in [0.2, 0.25) is 0 Å². The van der Waals surface area contributed by atoms with Gasteiger partial charge in [-0.05, 0) is 46.5 Å². The van der Waals surface area contributed by atoms with Gasteiger partial charge in [-0.1, -0.05) is 115 Å². The van der Waals surface area contributed by atoms with Crippen molar-refractivity contribution in [2.45, 2.75) is 69.5 Å². The highest BCUT2D eigenvalue weighted by molar-refractivity contribution is 5.27. The predicted octanol–water partition coefficient (Wildman–Crippen LogP) is 7.83. The number of hydrogen-bond donors (Lipinski definition) is 0. The Bertz CT molecular complexity index is 1840. The standard InChI is InChI=1S/C46H50O10/c1-47-38-22-18-35(19-23-38)26-49-30-40(50-27-36-20-24-39(48-2)25-21-36)31-53-46-44(52-29-34-14-8-4-9-15-34)43(51-28-33-12-6-3-7-13-33)42-41(55-46)32-54-45(56-42)37-16-10-5-11-17-37/h3-25,40-46H,26-32H2,1-2H3/t40-,41+,42-,43-,44+,45-,46+/m0/s1. The molecule has 294 valence electrons. The van der Waals surface area contributed by atoms with E-state index in [0.29, 0.717) is 26.4 Å². The number of rotatable bonds is 19. The minimum absolute atomic E-state index is 0.159. The van der Waals surface area contributed by atoms with Crippen LogP contribution in [-0.4, -0.2) is 70.9 Å². The van der Waals surface area contributed by atoms with E-state index < -0.39 is 43.1 Å². The molecular weight excluding hydrogens is 712 g/mol. The first kappa shape index (κ1) is 39.6. The summed E-state index contributed by atoms with van der Waals surface area (Å²) in [6.45, 7) is 2.12. The Labute approximate surface area is 329 Å². The fourth-order valence-corrected chi connectivity index (χ4v) is 6.67. The lowest BCUT2D eigenvalue weighted by Gasteiger charge is -2.49. The van der Waals surface area contributed by atoms with E-state index >= 15 is 0 Å². The van der Waals surface area contributed by atoms with Gasteiger partial charge in [-0.3, -0.25) is 0 Å². The van der Waals surface area contributed by atoms with Gasteiger partial charge in [0.15, 0.2) is 12.6 Å². The van der Waals surface area contributed by atoms with Crippen LogP contribution in [-0.2, 0) is 64.3 Å². The summed E-state index contributed by atoms with van der Waals surface area (Å²) in [5.41, 5.74) is 4.96. The minimum Gasteiger partial charge on any atom is -0.497 e. The molecule has 0 aromatic heterocycles. The van der Waals surface area contributed by atoms with Crippen molar-refractivity contribution in [3.05, 3.63) is 167 Å². The maximum atomic E-state index is 6.77. The first-order chi connectivity index (χ1) is 27.6. The molecule has 2 heterocycles. The third-order valence-corrected chi connectivity index (χ3v) is 9.75. The van der Waals surface area contributed by atoms with Crippen LogP contribution in [0.25, 0.3) is 0 Å². The molecule has 0 aliphatic carbocycles. The predicted molar refractivity (Wildman–Crippen MR) is 209 cm³/mol. The summed E-state index contributed by atoms with van der Waals surface area (Å²) in [5, 5.41) is 0. The second-order valence-corrected chi connectivity index (χ2v) is 13.7. The fourth-order valence-electron chi connectivity index (χ4n) is 6.67. The van der Waals surface area contributed by atoms with Crippen LogP contribution in [0.3, 0.4) is 0 Å². The van der Waals surface area contributed by atoms with Crippen LogP contribution in [0.15, 0.2) is 140 Å². The summed E-state index contributed by atoms with van der Waals surface area (Å²) in [7, 11) is 3.30. The molecule has 2 fully saturated rings. The van der Waals surface area contributed by atoms with Crippen molar-refractivity contribution in [3.8, 4) is 11.5 Å². The molecule has 2 aliphatic rings. The highest BCUT2D eigenvalue weighted by atomic mass is 16.8. The van der Waals surface area contributed by atoms with Crippen molar-refractivity contribution in [1.82, 2.24) is 0 Å². The van der Waals surface area contributed by atoms with E-state index in [2.05, 4.69) is 0 Å². The molecule has 0 amide bonds. The molecule has 10 heteroatoms. The van der Waals surface area contributed by atoms with Crippen molar-refractivity contribution in [3.63, 3.8) is 0 Å². The lowest BCUT2D eigenvalue weighted by atomic mass is 9.97. The lowest BCUT2D eigenvalue weighted by molar-refractivity contribution is -0.374. The molecular formula is C46H50O10. The average Bonchev–Trinajstić information content (AvgIpc) is 3.27. The number of hydrogen-bond acceptors (Lipinski definition) is 10. The van der Waals surface area contributed by atoms with Crippen molar-refractivity contribution in [1.29, 1.82) is 0 Å². The molecule has 5 aromatic rings. The van der Waals surface area contributed by atoms with E-state index in [4.69, 9.17) is 47.4 Å². The van der Waals surface area contributed by atoms with Gasteiger partial charge in [0.1, 0.15) is 42.0 Å². The fraction of sp³-hybridized carbons (Fsp3) is 0.348. The van der Waals surface area contributed by atoms with E-state index in [9.17, 15) is 0 Å². The van der Waals surface area contributed by atoms with Crippen molar-refractivity contribution in [2.75, 3.05) is 34.0 Å². The third kappa shape index (κ3) is 11.0. The van der Waals surface area contributed by atoms with Crippen molar-refractivity contribution in [2.24, 2.45) is 0 Å². The Kier molecular flexibility index (Phi) is 14.5. The lowest BCUT2D eigenvalue weighted by Crippen LogP contribution is -2.63. The summed E-state index contributed by atoms with van der Waals surface area (Å²) in [4.78, 5) is 0. The van der Waals surface area contributed by atoms with E-state index in [1.807, 2.05) is 140 Å². The maximum absolute atomic E-state index is 6.77. The number of benzene rings is 5. The molecule has 5 aromatic carbocycles. The highest BCUT2D eigenvalue weighted by Crippen LogP contribution is 2.37. The Morgan fingerprint density at radius 3 is 1.66 bits per heavy atom. The van der Waals surface area contributed by atoms with Crippen LogP contribution in [0, 0.1) is 0 Å². The topological polar surface area (TPSA) is 92.3 Å². The van der Waals surface area contributed by atoms with E-state index in [1.165, 1.54) is 0 Å². The zero-order valence-electron chi connectivity index (χ0n) is 31.9. The molecule has 7 rings (SSSR count). The van der Waals surface area contributed by atoms with E-state index in [0.717, 1.165) is 39.3 Å². The van der Waals surface area contributed by atoms with Gasteiger partial charge in [-0.15, -0.1) is 0 Å². The largest absolute Gasteiger partial charge is 0.497 e. The summed E-state index contributed by atoms with van der Waals surface area (Å²) in [6, 6.07) is 45.6. The molecule has 10 nitrogen and oxygen atoms in total.